The largest absolute Gasteiger partial charge is 0.361 e. The molecule has 10 heteroatoms. The maximum absolute atomic E-state index is 13.5. The topological polar surface area (TPSA) is 74.5 Å². The lowest BCUT2D eigenvalue weighted by Crippen LogP contribution is -2.39. The number of piperidine rings is 1. The van der Waals surface area contributed by atoms with Gasteiger partial charge in [0.25, 0.3) is 5.92 Å². The Labute approximate surface area is 209 Å². The molecule has 192 valence electrons. The zero-order chi connectivity index (χ0) is 24.4. The van der Waals surface area contributed by atoms with E-state index >= 15 is 0 Å². The minimum atomic E-state index is -2.52. The van der Waals surface area contributed by atoms with Gasteiger partial charge in [-0.2, -0.15) is 0 Å². The fourth-order valence-electron chi connectivity index (χ4n) is 5.49. The first kappa shape index (κ1) is 24.6. The summed E-state index contributed by atoms with van der Waals surface area (Å²) in [5.41, 5.74) is 1.93. The van der Waals surface area contributed by atoms with Crippen LogP contribution in [0, 0.1) is 12.8 Å². The fourth-order valence-corrected chi connectivity index (χ4v) is 6.60. The molecule has 7 nitrogen and oxygen atoms in total. The summed E-state index contributed by atoms with van der Waals surface area (Å²) in [6.07, 6.45) is 6.62. The predicted molar refractivity (Wildman–Crippen MR) is 131 cm³/mol. The Bertz CT molecular complexity index is 1010. The van der Waals surface area contributed by atoms with Crippen LogP contribution in [0.25, 0.3) is 0 Å². The van der Waals surface area contributed by atoms with Crippen LogP contribution in [0.2, 0.25) is 0 Å². The van der Waals surface area contributed by atoms with Crippen LogP contribution >= 0.6 is 11.3 Å². The Morgan fingerprint density at radius 2 is 2.00 bits per heavy atom. The highest BCUT2D eigenvalue weighted by molar-refractivity contribution is 7.15. The van der Waals surface area contributed by atoms with E-state index in [0.29, 0.717) is 24.8 Å². The van der Waals surface area contributed by atoms with Gasteiger partial charge in [-0.1, -0.05) is 5.16 Å². The van der Waals surface area contributed by atoms with E-state index in [1.807, 2.05) is 11.8 Å². The van der Waals surface area contributed by atoms with Gasteiger partial charge in [0, 0.05) is 56.0 Å². The van der Waals surface area contributed by atoms with Gasteiger partial charge in [-0.05, 0) is 57.9 Å². The predicted octanol–water partition coefficient (Wildman–Crippen LogP) is 4.34. The number of carbonyl (C=O) groups is 1. The standard InChI is InChI=1S/C25H35F2N5O2S/c1-17-14-20(34-30-17)15-23(33)28-19-4-2-18(3-5-19)6-10-31-11-7-22-21(16-31)29-24(35-22)32-12-8-25(26,27)9-13-32/h14,18-19H,2-13,15-16H2,1H3,(H,28,33)/t18-,19-. The molecule has 1 saturated carbocycles. The summed E-state index contributed by atoms with van der Waals surface area (Å²) in [4.78, 5) is 23.0. The van der Waals surface area contributed by atoms with Crippen molar-refractivity contribution < 1.29 is 18.1 Å². The van der Waals surface area contributed by atoms with Crippen molar-refractivity contribution in [2.75, 3.05) is 31.1 Å². The van der Waals surface area contributed by atoms with E-state index in [1.165, 1.54) is 11.3 Å². The molecule has 1 aliphatic carbocycles. The molecule has 2 aliphatic heterocycles. The van der Waals surface area contributed by atoms with Crippen LogP contribution in [0.4, 0.5) is 13.9 Å². The van der Waals surface area contributed by atoms with Gasteiger partial charge in [0.2, 0.25) is 5.91 Å². The van der Waals surface area contributed by atoms with E-state index in [-0.39, 0.29) is 31.2 Å². The van der Waals surface area contributed by atoms with Crippen LogP contribution in [-0.2, 0) is 24.2 Å². The first-order valence-electron chi connectivity index (χ1n) is 12.9. The number of nitrogens with zero attached hydrogens (tertiary/aromatic N) is 4. The minimum Gasteiger partial charge on any atom is -0.361 e. The number of aryl methyl sites for hydroxylation is 1. The van der Waals surface area contributed by atoms with Gasteiger partial charge in [0.15, 0.2) is 5.13 Å². The van der Waals surface area contributed by atoms with Crippen LogP contribution < -0.4 is 10.2 Å². The molecule has 3 aliphatic rings. The molecule has 0 radical (unpaired) electrons. The molecule has 2 aromatic heterocycles. The van der Waals surface area contributed by atoms with Crippen molar-refractivity contribution in [1.82, 2.24) is 20.4 Å². The molecular weight excluding hydrogens is 472 g/mol. The third-order valence-corrected chi connectivity index (χ3v) is 8.86. The van der Waals surface area contributed by atoms with Crippen molar-refractivity contribution in [2.24, 2.45) is 5.92 Å². The second-order valence-electron chi connectivity index (χ2n) is 10.4. The van der Waals surface area contributed by atoms with Gasteiger partial charge in [0.1, 0.15) is 5.76 Å². The Hall–Kier alpha value is -2.07. The molecule has 4 heterocycles. The number of carbonyl (C=O) groups excluding carboxylic acids is 1. The SMILES string of the molecule is Cc1cc(CC(=O)N[C@H]2CC[C@H](CCN3CCc4sc(N5CCC(F)(F)CC5)nc4C3)CC2)on1. The lowest BCUT2D eigenvalue weighted by atomic mass is 9.84. The fraction of sp³-hybridized carbons (Fsp3) is 0.720. The highest BCUT2D eigenvalue weighted by atomic mass is 32.1. The Balaban J connectivity index is 1.02. The summed E-state index contributed by atoms with van der Waals surface area (Å²) in [7, 11) is 0. The number of hydrogen-bond donors (Lipinski definition) is 1. The van der Waals surface area contributed by atoms with Gasteiger partial charge < -0.3 is 14.7 Å². The van der Waals surface area contributed by atoms with Crippen LogP contribution in [0.5, 0.6) is 0 Å². The lowest BCUT2D eigenvalue weighted by molar-refractivity contribution is -0.121. The van der Waals surface area contributed by atoms with Gasteiger partial charge in [-0.15, -0.1) is 11.3 Å². The number of halogens is 2. The number of thiazole rings is 1. The molecule has 0 atom stereocenters. The Kier molecular flexibility index (Phi) is 7.39. The molecule has 35 heavy (non-hydrogen) atoms. The number of rotatable bonds is 7. The Morgan fingerprint density at radius 1 is 1.23 bits per heavy atom. The number of nitrogens with one attached hydrogen (secondary N) is 1. The summed E-state index contributed by atoms with van der Waals surface area (Å²) in [6, 6.07) is 2.06. The van der Waals surface area contributed by atoms with Crippen LogP contribution in [0.3, 0.4) is 0 Å². The number of anilines is 1. The number of amides is 1. The van der Waals surface area contributed by atoms with Gasteiger partial charge in [-0.25, -0.2) is 13.8 Å². The summed E-state index contributed by atoms with van der Waals surface area (Å²) in [5.74, 6) is -1.20. The van der Waals surface area contributed by atoms with E-state index in [4.69, 9.17) is 9.51 Å². The van der Waals surface area contributed by atoms with Gasteiger partial charge in [-0.3, -0.25) is 9.69 Å². The number of fused-ring (bicyclic) bond motifs is 1. The van der Waals surface area contributed by atoms with E-state index in [9.17, 15) is 13.6 Å². The zero-order valence-electron chi connectivity index (χ0n) is 20.4. The minimum absolute atomic E-state index is 0.00891. The monoisotopic (exact) mass is 507 g/mol. The summed E-state index contributed by atoms with van der Waals surface area (Å²) in [5, 5.41) is 7.92. The van der Waals surface area contributed by atoms with Crippen molar-refractivity contribution >= 4 is 22.4 Å². The molecule has 0 aromatic carbocycles. The third-order valence-electron chi connectivity index (χ3n) is 7.64. The summed E-state index contributed by atoms with van der Waals surface area (Å²) >= 11 is 1.70. The number of hydrogen-bond acceptors (Lipinski definition) is 7. The molecule has 0 unspecified atom stereocenters. The number of alkyl halides is 2. The highest BCUT2D eigenvalue weighted by Gasteiger charge is 2.35. The Morgan fingerprint density at radius 3 is 2.71 bits per heavy atom. The van der Waals surface area contributed by atoms with E-state index < -0.39 is 5.92 Å². The third kappa shape index (κ3) is 6.39. The first-order valence-corrected chi connectivity index (χ1v) is 13.7. The number of aromatic nitrogens is 2. The summed E-state index contributed by atoms with van der Waals surface area (Å²) < 4.78 is 32.1. The van der Waals surface area contributed by atoms with E-state index in [0.717, 1.165) is 68.3 Å². The van der Waals surface area contributed by atoms with E-state index in [2.05, 4.69) is 15.4 Å². The molecule has 2 aromatic rings. The average molecular weight is 508 g/mol. The average Bonchev–Trinajstić information content (AvgIpc) is 3.43. The van der Waals surface area contributed by atoms with Crippen molar-refractivity contribution in [2.45, 2.75) is 83.2 Å². The molecule has 1 N–H and O–H groups in total. The molecule has 2 fully saturated rings. The van der Waals surface area contributed by atoms with Crippen LogP contribution in [0.1, 0.15) is 67.0 Å². The van der Waals surface area contributed by atoms with E-state index in [1.54, 1.807) is 17.4 Å². The second kappa shape index (κ2) is 10.5. The van der Waals surface area contributed by atoms with Crippen molar-refractivity contribution in [3.63, 3.8) is 0 Å². The normalized spacial score (nSPS) is 24.8. The lowest BCUT2D eigenvalue weighted by Gasteiger charge is -2.32. The first-order chi connectivity index (χ1) is 16.8. The summed E-state index contributed by atoms with van der Waals surface area (Å²) in [6.45, 7) is 5.61. The maximum atomic E-state index is 13.5. The van der Waals surface area contributed by atoms with Crippen molar-refractivity contribution in [3.8, 4) is 0 Å². The molecule has 5 rings (SSSR count). The van der Waals surface area contributed by atoms with Crippen molar-refractivity contribution in [3.05, 3.63) is 28.1 Å². The second-order valence-corrected chi connectivity index (χ2v) is 11.5. The van der Waals surface area contributed by atoms with Crippen molar-refractivity contribution in [1.29, 1.82) is 0 Å². The smallest absolute Gasteiger partial charge is 0.251 e. The van der Waals surface area contributed by atoms with Crippen LogP contribution in [0.15, 0.2) is 10.6 Å². The maximum Gasteiger partial charge on any atom is 0.251 e. The molecule has 0 bridgehead atoms. The molecule has 1 amide bonds. The molecule has 1 saturated heterocycles. The van der Waals surface area contributed by atoms with Crippen LogP contribution in [-0.4, -0.2) is 59.1 Å². The highest BCUT2D eigenvalue weighted by Crippen LogP contribution is 2.35. The quantitative estimate of drug-likeness (QED) is 0.601. The van der Waals surface area contributed by atoms with Gasteiger partial charge in [0.05, 0.1) is 17.8 Å². The van der Waals surface area contributed by atoms with Gasteiger partial charge >= 0.3 is 0 Å². The zero-order valence-corrected chi connectivity index (χ0v) is 21.2. The molecule has 0 spiro atoms. The molecular formula is C25H35F2N5O2S.